The summed E-state index contributed by atoms with van der Waals surface area (Å²) < 4.78 is 12.2. The molecule has 5 aromatic rings. The Morgan fingerprint density at radius 1 is 0.871 bits per heavy atom. The maximum Gasteiger partial charge on any atom is 0.134 e. The minimum atomic E-state index is 0.548. The maximum atomic E-state index is 6.23. The second-order valence-electron chi connectivity index (χ2n) is 8.32. The van der Waals surface area contributed by atoms with Gasteiger partial charge in [0.05, 0.1) is 11.2 Å². The lowest BCUT2D eigenvalue weighted by molar-refractivity contribution is 0.310. The summed E-state index contributed by atoms with van der Waals surface area (Å²) in [6, 6.07) is 27.0. The molecule has 0 radical (unpaired) electrons. The lowest BCUT2D eigenvalue weighted by atomic mass is 10.0. The number of aryl methyl sites for hydroxylation is 1. The monoisotopic (exact) mass is 405 g/mol. The Morgan fingerprint density at radius 2 is 1.68 bits per heavy atom. The number of aromatic nitrogens is 1. The molecule has 2 heterocycles. The number of para-hydroxylation sites is 1. The minimum absolute atomic E-state index is 0.548. The largest absolute Gasteiger partial charge is 0.488 e. The topological polar surface area (TPSA) is 35.3 Å². The van der Waals surface area contributed by atoms with Gasteiger partial charge in [0.25, 0.3) is 0 Å². The fraction of sp³-hybridized carbons (Fsp3) is 0.179. The van der Waals surface area contributed by atoms with Crippen LogP contribution in [-0.2, 0) is 6.61 Å². The second-order valence-corrected chi connectivity index (χ2v) is 8.32. The van der Waals surface area contributed by atoms with E-state index in [1.165, 1.54) is 18.4 Å². The fourth-order valence-electron chi connectivity index (χ4n) is 4.42. The molecule has 3 aromatic carbocycles. The molecule has 1 fully saturated rings. The number of furan rings is 1. The van der Waals surface area contributed by atoms with Gasteiger partial charge in [-0.15, -0.1) is 0 Å². The Bertz CT molecular complexity index is 1400. The zero-order valence-electron chi connectivity index (χ0n) is 17.5. The number of benzene rings is 3. The van der Waals surface area contributed by atoms with Crippen molar-refractivity contribution in [2.24, 2.45) is 0 Å². The second kappa shape index (κ2) is 7.28. The van der Waals surface area contributed by atoms with Gasteiger partial charge >= 0.3 is 0 Å². The highest BCUT2D eigenvalue weighted by Crippen LogP contribution is 2.45. The number of rotatable bonds is 5. The van der Waals surface area contributed by atoms with E-state index in [4.69, 9.17) is 14.1 Å². The molecule has 1 aliphatic carbocycles. The van der Waals surface area contributed by atoms with E-state index in [9.17, 15) is 0 Å². The molecule has 31 heavy (non-hydrogen) atoms. The van der Waals surface area contributed by atoms with Crippen LogP contribution in [0.1, 0.15) is 35.6 Å². The average Bonchev–Trinajstić information content (AvgIpc) is 3.59. The van der Waals surface area contributed by atoms with Crippen molar-refractivity contribution in [2.75, 3.05) is 0 Å². The molecule has 0 atom stereocenters. The first kappa shape index (κ1) is 18.2. The van der Waals surface area contributed by atoms with Crippen LogP contribution in [-0.4, -0.2) is 4.98 Å². The molecule has 0 saturated heterocycles. The van der Waals surface area contributed by atoms with Gasteiger partial charge in [-0.1, -0.05) is 54.6 Å². The summed E-state index contributed by atoms with van der Waals surface area (Å²) in [5.74, 6) is 2.39. The molecule has 2 aromatic heterocycles. The molecule has 0 amide bonds. The Balaban J connectivity index is 1.47. The molecule has 3 nitrogen and oxygen atoms in total. The summed E-state index contributed by atoms with van der Waals surface area (Å²) in [5, 5.41) is 2.19. The van der Waals surface area contributed by atoms with Crippen molar-refractivity contribution >= 4 is 21.9 Å². The number of pyridine rings is 1. The average molecular weight is 405 g/mol. The SMILES string of the molecule is Cc1oc2ccccc2c1-c1ccc2c(OCc3ccccc3)ccc(C3CC3)c2n1. The van der Waals surface area contributed by atoms with Gasteiger partial charge in [0.1, 0.15) is 23.7 Å². The molecule has 3 heteroatoms. The third kappa shape index (κ3) is 3.27. The summed E-state index contributed by atoms with van der Waals surface area (Å²) >= 11 is 0. The Morgan fingerprint density at radius 3 is 2.52 bits per heavy atom. The summed E-state index contributed by atoms with van der Waals surface area (Å²) in [5.41, 5.74) is 6.47. The lowest BCUT2D eigenvalue weighted by Crippen LogP contribution is -1.98. The molecular formula is C28H23NO2. The molecule has 152 valence electrons. The first-order valence-electron chi connectivity index (χ1n) is 10.9. The molecule has 0 bridgehead atoms. The smallest absolute Gasteiger partial charge is 0.134 e. The molecular weight excluding hydrogens is 382 g/mol. The van der Waals surface area contributed by atoms with Gasteiger partial charge in [-0.05, 0) is 61.1 Å². The lowest BCUT2D eigenvalue weighted by Gasteiger charge is -2.13. The highest BCUT2D eigenvalue weighted by molar-refractivity contribution is 5.97. The number of nitrogens with zero attached hydrogens (tertiary/aromatic N) is 1. The van der Waals surface area contributed by atoms with Crippen molar-refractivity contribution in [3.05, 3.63) is 95.7 Å². The van der Waals surface area contributed by atoms with E-state index in [1.54, 1.807) is 0 Å². The summed E-state index contributed by atoms with van der Waals surface area (Å²) in [7, 11) is 0. The molecule has 1 saturated carbocycles. The zero-order chi connectivity index (χ0) is 20.8. The highest BCUT2D eigenvalue weighted by atomic mass is 16.5. The molecule has 6 rings (SSSR count). The van der Waals surface area contributed by atoms with Gasteiger partial charge in [-0.25, -0.2) is 4.98 Å². The van der Waals surface area contributed by atoms with Crippen LogP contribution in [0.25, 0.3) is 33.1 Å². The zero-order valence-corrected chi connectivity index (χ0v) is 17.5. The number of hydrogen-bond donors (Lipinski definition) is 0. The molecule has 1 aliphatic rings. The molecule has 0 spiro atoms. The van der Waals surface area contributed by atoms with Gasteiger partial charge in [0.15, 0.2) is 0 Å². The standard InChI is InChI=1S/C28H23NO2/c1-18-27(22-9-5-6-10-26(22)31-18)24-15-13-23-25(30-17-19-7-3-2-4-8-19)16-14-21(20-11-12-20)28(23)29-24/h2-10,13-16,20H,11-12,17H2,1H3. The predicted molar refractivity (Wildman–Crippen MR) is 124 cm³/mol. The van der Waals surface area contributed by atoms with E-state index in [0.29, 0.717) is 12.5 Å². The summed E-state index contributed by atoms with van der Waals surface area (Å²) in [4.78, 5) is 5.17. The fourth-order valence-corrected chi connectivity index (χ4v) is 4.42. The predicted octanol–water partition coefficient (Wildman–Crippen LogP) is 7.41. The van der Waals surface area contributed by atoms with Crippen molar-refractivity contribution in [1.82, 2.24) is 4.98 Å². The van der Waals surface area contributed by atoms with Crippen LogP contribution in [0.2, 0.25) is 0 Å². The van der Waals surface area contributed by atoms with Crippen LogP contribution in [0, 0.1) is 6.92 Å². The van der Waals surface area contributed by atoms with Gasteiger partial charge in [0, 0.05) is 16.3 Å². The third-order valence-corrected chi connectivity index (χ3v) is 6.13. The third-order valence-electron chi connectivity index (χ3n) is 6.13. The van der Waals surface area contributed by atoms with Crippen molar-refractivity contribution in [2.45, 2.75) is 32.3 Å². The van der Waals surface area contributed by atoms with E-state index < -0.39 is 0 Å². The molecule has 0 unspecified atom stereocenters. The van der Waals surface area contributed by atoms with Crippen molar-refractivity contribution in [1.29, 1.82) is 0 Å². The number of fused-ring (bicyclic) bond motifs is 2. The van der Waals surface area contributed by atoms with Crippen LogP contribution in [0.5, 0.6) is 5.75 Å². The van der Waals surface area contributed by atoms with Gasteiger partial charge in [0.2, 0.25) is 0 Å². The molecule has 0 aliphatic heterocycles. The van der Waals surface area contributed by atoms with E-state index in [-0.39, 0.29) is 0 Å². The van der Waals surface area contributed by atoms with Crippen LogP contribution < -0.4 is 4.74 Å². The Labute approximate surface area is 181 Å². The minimum Gasteiger partial charge on any atom is -0.488 e. The van der Waals surface area contributed by atoms with Crippen LogP contribution in [0.15, 0.2) is 83.3 Å². The summed E-state index contributed by atoms with van der Waals surface area (Å²) in [6.45, 7) is 2.56. The Hall–Kier alpha value is -3.59. The number of ether oxygens (including phenoxy) is 1. The van der Waals surface area contributed by atoms with E-state index in [0.717, 1.165) is 50.2 Å². The van der Waals surface area contributed by atoms with Crippen LogP contribution in [0.3, 0.4) is 0 Å². The Kier molecular flexibility index (Phi) is 4.27. The van der Waals surface area contributed by atoms with Crippen LogP contribution in [0.4, 0.5) is 0 Å². The van der Waals surface area contributed by atoms with Gasteiger partial charge in [-0.3, -0.25) is 0 Å². The quantitative estimate of drug-likeness (QED) is 0.305. The van der Waals surface area contributed by atoms with Crippen molar-refractivity contribution in [3.8, 4) is 17.0 Å². The normalized spacial score (nSPS) is 13.7. The first-order valence-corrected chi connectivity index (χ1v) is 10.9. The highest BCUT2D eigenvalue weighted by Gasteiger charge is 2.27. The van der Waals surface area contributed by atoms with E-state index >= 15 is 0 Å². The number of hydrogen-bond acceptors (Lipinski definition) is 3. The van der Waals surface area contributed by atoms with Crippen LogP contribution >= 0.6 is 0 Å². The maximum absolute atomic E-state index is 6.23. The molecule has 0 N–H and O–H groups in total. The first-order chi connectivity index (χ1) is 15.3. The van der Waals surface area contributed by atoms with Gasteiger partial charge < -0.3 is 9.15 Å². The van der Waals surface area contributed by atoms with Crippen molar-refractivity contribution < 1.29 is 9.15 Å². The van der Waals surface area contributed by atoms with Crippen molar-refractivity contribution in [3.63, 3.8) is 0 Å². The summed E-state index contributed by atoms with van der Waals surface area (Å²) in [6.07, 6.45) is 2.47. The van der Waals surface area contributed by atoms with E-state index in [1.807, 2.05) is 43.3 Å². The van der Waals surface area contributed by atoms with E-state index in [2.05, 4.69) is 42.5 Å². The van der Waals surface area contributed by atoms with Gasteiger partial charge in [-0.2, -0.15) is 0 Å².